The average Bonchev–Trinajstić information content (AvgIpc) is 2.30. The molecule has 0 radical (unpaired) electrons. The van der Waals surface area contributed by atoms with Crippen LogP contribution in [0.2, 0.25) is 0 Å². The fourth-order valence-electron chi connectivity index (χ4n) is 1.74. The van der Waals surface area contributed by atoms with Gasteiger partial charge in [0.25, 0.3) is 0 Å². The lowest BCUT2D eigenvalue weighted by Crippen LogP contribution is -2.33. The van der Waals surface area contributed by atoms with Crippen molar-refractivity contribution in [1.29, 1.82) is 0 Å². The standard InChI is InChI=1S/C11H15FN2S/c12-10-7-9(8-13)1-2-11(10)14-3-5-15-6-4-14/h1-2,7H,3-6,8,13H2. The molecule has 0 aromatic heterocycles. The summed E-state index contributed by atoms with van der Waals surface area (Å²) < 4.78 is 13.7. The van der Waals surface area contributed by atoms with Crippen molar-refractivity contribution >= 4 is 17.4 Å². The van der Waals surface area contributed by atoms with Crippen LogP contribution in [0.15, 0.2) is 18.2 Å². The maximum atomic E-state index is 13.7. The van der Waals surface area contributed by atoms with Crippen molar-refractivity contribution in [2.75, 3.05) is 29.5 Å². The first-order valence-electron chi connectivity index (χ1n) is 5.12. The molecule has 2 nitrogen and oxygen atoms in total. The highest BCUT2D eigenvalue weighted by atomic mass is 32.2. The molecule has 0 bridgehead atoms. The molecule has 1 fully saturated rings. The summed E-state index contributed by atoms with van der Waals surface area (Å²) >= 11 is 1.92. The van der Waals surface area contributed by atoms with Gasteiger partial charge in [-0.2, -0.15) is 11.8 Å². The number of benzene rings is 1. The minimum Gasteiger partial charge on any atom is -0.368 e. The van der Waals surface area contributed by atoms with Gasteiger partial charge in [-0.05, 0) is 17.7 Å². The molecule has 1 saturated heterocycles. The topological polar surface area (TPSA) is 29.3 Å². The average molecular weight is 226 g/mol. The predicted molar refractivity (Wildman–Crippen MR) is 63.8 cm³/mol. The van der Waals surface area contributed by atoms with E-state index in [1.807, 2.05) is 23.9 Å². The minimum atomic E-state index is -0.148. The van der Waals surface area contributed by atoms with Crippen molar-refractivity contribution < 1.29 is 4.39 Å². The van der Waals surface area contributed by atoms with Gasteiger partial charge in [0.05, 0.1) is 5.69 Å². The zero-order chi connectivity index (χ0) is 10.7. The maximum absolute atomic E-state index is 13.7. The normalized spacial score (nSPS) is 16.8. The Hall–Kier alpha value is -0.740. The third-order valence-corrected chi connectivity index (χ3v) is 3.54. The number of nitrogens with zero attached hydrogens (tertiary/aromatic N) is 1. The predicted octanol–water partition coefficient (Wildman–Crippen LogP) is 1.84. The fraction of sp³-hybridized carbons (Fsp3) is 0.455. The van der Waals surface area contributed by atoms with Gasteiger partial charge in [0, 0.05) is 31.1 Å². The van der Waals surface area contributed by atoms with E-state index in [0.29, 0.717) is 12.2 Å². The van der Waals surface area contributed by atoms with Crippen molar-refractivity contribution in [3.8, 4) is 0 Å². The zero-order valence-electron chi connectivity index (χ0n) is 8.58. The first-order valence-corrected chi connectivity index (χ1v) is 6.28. The summed E-state index contributed by atoms with van der Waals surface area (Å²) in [6.45, 7) is 2.26. The Bertz CT molecular complexity index is 337. The highest BCUT2D eigenvalue weighted by molar-refractivity contribution is 7.99. The molecule has 1 aromatic rings. The molecule has 2 rings (SSSR count). The van der Waals surface area contributed by atoms with Gasteiger partial charge in [0.2, 0.25) is 0 Å². The van der Waals surface area contributed by atoms with Crippen LogP contribution in [-0.2, 0) is 6.54 Å². The van der Waals surface area contributed by atoms with Gasteiger partial charge < -0.3 is 10.6 Å². The molecule has 0 saturated carbocycles. The van der Waals surface area contributed by atoms with Crippen LogP contribution in [0.4, 0.5) is 10.1 Å². The molecular weight excluding hydrogens is 211 g/mol. The number of hydrogen-bond acceptors (Lipinski definition) is 3. The molecule has 1 heterocycles. The van der Waals surface area contributed by atoms with Crippen LogP contribution in [0, 0.1) is 5.82 Å². The van der Waals surface area contributed by atoms with E-state index in [0.717, 1.165) is 30.2 Å². The Morgan fingerprint density at radius 1 is 1.33 bits per heavy atom. The molecule has 1 aliphatic rings. The first-order chi connectivity index (χ1) is 7.31. The van der Waals surface area contributed by atoms with Crippen LogP contribution in [0.3, 0.4) is 0 Å². The van der Waals surface area contributed by atoms with Crippen LogP contribution in [-0.4, -0.2) is 24.6 Å². The second-order valence-electron chi connectivity index (χ2n) is 3.59. The van der Waals surface area contributed by atoms with E-state index in [4.69, 9.17) is 5.73 Å². The van der Waals surface area contributed by atoms with Gasteiger partial charge in [-0.3, -0.25) is 0 Å². The number of halogens is 1. The maximum Gasteiger partial charge on any atom is 0.146 e. The van der Waals surface area contributed by atoms with E-state index < -0.39 is 0 Å². The van der Waals surface area contributed by atoms with Crippen molar-refractivity contribution in [3.63, 3.8) is 0 Å². The smallest absolute Gasteiger partial charge is 0.146 e. The molecule has 15 heavy (non-hydrogen) atoms. The lowest BCUT2D eigenvalue weighted by molar-refractivity contribution is 0.617. The highest BCUT2D eigenvalue weighted by Crippen LogP contribution is 2.23. The number of nitrogens with two attached hydrogens (primary N) is 1. The van der Waals surface area contributed by atoms with Gasteiger partial charge in [0.15, 0.2) is 0 Å². The summed E-state index contributed by atoms with van der Waals surface area (Å²) in [5.41, 5.74) is 7.03. The summed E-state index contributed by atoms with van der Waals surface area (Å²) in [5.74, 6) is 2.01. The van der Waals surface area contributed by atoms with Crippen LogP contribution in [0.5, 0.6) is 0 Å². The van der Waals surface area contributed by atoms with Gasteiger partial charge in [-0.1, -0.05) is 6.07 Å². The minimum absolute atomic E-state index is 0.148. The second-order valence-corrected chi connectivity index (χ2v) is 4.81. The summed E-state index contributed by atoms with van der Waals surface area (Å²) in [6, 6.07) is 5.28. The quantitative estimate of drug-likeness (QED) is 0.834. The lowest BCUT2D eigenvalue weighted by atomic mass is 10.2. The Kier molecular flexibility index (Phi) is 3.49. The third kappa shape index (κ3) is 2.44. The summed E-state index contributed by atoms with van der Waals surface area (Å²) in [7, 11) is 0. The summed E-state index contributed by atoms with van der Waals surface area (Å²) in [5, 5.41) is 0. The number of hydrogen-bond donors (Lipinski definition) is 1. The van der Waals surface area contributed by atoms with Crippen molar-refractivity contribution in [2.45, 2.75) is 6.54 Å². The van der Waals surface area contributed by atoms with Crippen molar-refractivity contribution in [3.05, 3.63) is 29.6 Å². The van der Waals surface area contributed by atoms with E-state index in [9.17, 15) is 4.39 Å². The number of thioether (sulfide) groups is 1. The van der Waals surface area contributed by atoms with Gasteiger partial charge in [-0.25, -0.2) is 4.39 Å². The lowest BCUT2D eigenvalue weighted by Gasteiger charge is -2.28. The van der Waals surface area contributed by atoms with E-state index >= 15 is 0 Å². The largest absolute Gasteiger partial charge is 0.368 e. The number of rotatable bonds is 2. The van der Waals surface area contributed by atoms with Crippen LogP contribution >= 0.6 is 11.8 Å². The Morgan fingerprint density at radius 3 is 2.67 bits per heavy atom. The van der Waals surface area contributed by atoms with Gasteiger partial charge in [0.1, 0.15) is 5.82 Å². The molecule has 0 atom stereocenters. The fourth-order valence-corrected chi connectivity index (χ4v) is 2.64. The van der Waals surface area contributed by atoms with Crippen LogP contribution in [0.1, 0.15) is 5.56 Å². The van der Waals surface area contributed by atoms with E-state index in [1.54, 1.807) is 0 Å². The second kappa shape index (κ2) is 4.86. The van der Waals surface area contributed by atoms with E-state index in [2.05, 4.69) is 4.90 Å². The molecule has 2 N–H and O–H groups in total. The summed E-state index contributed by atoms with van der Waals surface area (Å²) in [6.07, 6.45) is 0. The molecule has 0 unspecified atom stereocenters. The number of anilines is 1. The van der Waals surface area contributed by atoms with Gasteiger partial charge in [-0.15, -0.1) is 0 Å². The van der Waals surface area contributed by atoms with Crippen molar-refractivity contribution in [1.82, 2.24) is 0 Å². The molecule has 0 aliphatic carbocycles. The molecular formula is C11H15FN2S. The Labute approximate surface area is 93.6 Å². The summed E-state index contributed by atoms with van der Waals surface area (Å²) in [4.78, 5) is 2.10. The monoisotopic (exact) mass is 226 g/mol. The van der Waals surface area contributed by atoms with Crippen LogP contribution < -0.4 is 10.6 Å². The van der Waals surface area contributed by atoms with E-state index in [1.165, 1.54) is 6.07 Å². The SMILES string of the molecule is NCc1ccc(N2CCSCC2)c(F)c1. The van der Waals surface area contributed by atoms with E-state index in [-0.39, 0.29) is 5.82 Å². The first kappa shape index (κ1) is 10.8. The van der Waals surface area contributed by atoms with Gasteiger partial charge >= 0.3 is 0 Å². The van der Waals surface area contributed by atoms with Crippen LogP contribution in [0.25, 0.3) is 0 Å². The molecule has 4 heteroatoms. The molecule has 0 spiro atoms. The Morgan fingerprint density at radius 2 is 2.07 bits per heavy atom. The molecule has 1 aliphatic heterocycles. The zero-order valence-corrected chi connectivity index (χ0v) is 9.39. The third-order valence-electron chi connectivity index (χ3n) is 2.60. The molecule has 0 amide bonds. The molecule has 1 aromatic carbocycles. The van der Waals surface area contributed by atoms with Crippen molar-refractivity contribution in [2.24, 2.45) is 5.73 Å². The molecule has 82 valence electrons. The highest BCUT2D eigenvalue weighted by Gasteiger charge is 2.14. The Balaban J connectivity index is 2.19.